The lowest BCUT2D eigenvalue weighted by Gasteiger charge is -2.20. The van der Waals surface area contributed by atoms with Crippen molar-refractivity contribution in [3.8, 4) is 0 Å². The molecule has 1 saturated carbocycles. The second-order valence-electron chi connectivity index (χ2n) is 7.66. The van der Waals surface area contributed by atoms with Gasteiger partial charge in [0.05, 0.1) is 0 Å². The summed E-state index contributed by atoms with van der Waals surface area (Å²) in [7, 11) is 0. The molecule has 1 atom stereocenters. The molecule has 4 amide bonds. The fourth-order valence-corrected chi connectivity index (χ4v) is 3.94. The predicted octanol–water partition coefficient (Wildman–Crippen LogP) is 3.25. The lowest BCUT2D eigenvalue weighted by molar-refractivity contribution is -0.134. The Kier molecular flexibility index (Phi) is 3.49. The van der Waals surface area contributed by atoms with Crippen molar-refractivity contribution < 1.29 is 18.8 Å². The molecule has 1 aliphatic carbocycles. The van der Waals surface area contributed by atoms with Gasteiger partial charge in [-0.2, -0.15) is 0 Å². The first-order valence-electron chi connectivity index (χ1n) is 9.31. The monoisotopic (exact) mass is 377 g/mol. The summed E-state index contributed by atoms with van der Waals surface area (Å²) in [6.07, 6.45) is 1.84. The summed E-state index contributed by atoms with van der Waals surface area (Å²) in [6.45, 7) is 1.43. The number of hydrogen-bond acceptors (Lipinski definition) is 4. The molecule has 2 aliphatic rings. The summed E-state index contributed by atoms with van der Waals surface area (Å²) in [5.74, 6) is -0.587. The number of para-hydroxylation sites is 1. The molecule has 0 radical (unpaired) electrons. The molecule has 2 aromatic carbocycles. The number of benzene rings is 2. The Morgan fingerprint density at radius 1 is 1.18 bits per heavy atom. The third kappa shape index (κ3) is 2.54. The molecule has 1 saturated heterocycles. The molecule has 28 heavy (non-hydrogen) atoms. The van der Waals surface area contributed by atoms with Crippen LogP contribution in [0.25, 0.3) is 21.9 Å². The lowest BCUT2D eigenvalue weighted by Crippen LogP contribution is -2.46. The number of nitrogens with one attached hydrogen (secondary N) is 2. The van der Waals surface area contributed by atoms with Crippen LogP contribution in [0.15, 0.2) is 46.9 Å². The van der Waals surface area contributed by atoms with Gasteiger partial charge in [-0.25, -0.2) is 4.79 Å². The zero-order valence-corrected chi connectivity index (χ0v) is 15.3. The van der Waals surface area contributed by atoms with Crippen LogP contribution < -0.4 is 10.6 Å². The van der Waals surface area contributed by atoms with E-state index >= 15 is 0 Å². The molecule has 0 spiro atoms. The highest BCUT2D eigenvalue weighted by Crippen LogP contribution is 2.42. The van der Waals surface area contributed by atoms with Crippen LogP contribution in [0.5, 0.6) is 0 Å². The van der Waals surface area contributed by atoms with E-state index in [9.17, 15) is 14.4 Å². The van der Waals surface area contributed by atoms with Crippen LogP contribution in [-0.2, 0) is 9.59 Å². The number of nitrogens with zero attached hydrogens (tertiary/aromatic N) is 1. The Morgan fingerprint density at radius 3 is 2.71 bits per heavy atom. The Balaban J connectivity index is 1.35. The van der Waals surface area contributed by atoms with E-state index in [1.54, 1.807) is 19.1 Å². The van der Waals surface area contributed by atoms with Gasteiger partial charge in [0.1, 0.15) is 23.2 Å². The smallest absolute Gasteiger partial charge is 0.325 e. The van der Waals surface area contributed by atoms with Gasteiger partial charge < -0.3 is 15.1 Å². The number of fused-ring (bicyclic) bond motifs is 3. The minimum Gasteiger partial charge on any atom is -0.456 e. The molecule has 3 aromatic rings. The van der Waals surface area contributed by atoms with Gasteiger partial charge in [-0.05, 0) is 49.9 Å². The van der Waals surface area contributed by atoms with Crippen molar-refractivity contribution in [3.05, 3.63) is 42.5 Å². The van der Waals surface area contributed by atoms with Crippen LogP contribution in [0.2, 0.25) is 0 Å². The third-order valence-electron chi connectivity index (χ3n) is 5.66. The normalized spacial score (nSPS) is 22.1. The summed E-state index contributed by atoms with van der Waals surface area (Å²) < 4.78 is 5.78. The van der Waals surface area contributed by atoms with E-state index in [0.717, 1.165) is 39.7 Å². The third-order valence-corrected chi connectivity index (χ3v) is 5.66. The summed E-state index contributed by atoms with van der Waals surface area (Å²) in [5.41, 5.74) is 1.21. The minimum absolute atomic E-state index is 0.161. The maximum absolute atomic E-state index is 12.6. The molecule has 7 heteroatoms. The highest BCUT2D eigenvalue weighted by molar-refractivity contribution is 6.11. The maximum Gasteiger partial charge on any atom is 0.325 e. The van der Waals surface area contributed by atoms with E-state index in [4.69, 9.17) is 4.42 Å². The largest absolute Gasteiger partial charge is 0.456 e. The number of hydrogen-bond donors (Lipinski definition) is 2. The van der Waals surface area contributed by atoms with Crippen LogP contribution in [0.4, 0.5) is 10.5 Å². The molecule has 2 fully saturated rings. The van der Waals surface area contributed by atoms with Crippen molar-refractivity contribution in [2.75, 3.05) is 11.9 Å². The maximum atomic E-state index is 12.6. The number of imide groups is 1. The van der Waals surface area contributed by atoms with E-state index in [2.05, 4.69) is 10.6 Å². The first-order valence-corrected chi connectivity index (χ1v) is 9.31. The molecule has 0 unspecified atom stereocenters. The topological polar surface area (TPSA) is 91.7 Å². The van der Waals surface area contributed by atoms with Gasteiger partial charge in [0.25, 0.3) is 5.91 Å². The molecule has 1 aliphatic heterocycles. The molecule has 7 nitrogen and oxygen atoms in total. The van der Waals surface area contributed by atoms with Gasteiger partial charge in [0, 0.05) is 16.5 Å². The summed E-state index contributed by atoms with van der Waals surface area (Å²) in [4.78, 5) is 38.3. The van der Waals surface area contributed by atoms with E-state index in [1.165, 1.54) is 0 Å². The molecule has 1 aromatic heterocycles. The SMILES string of the molecule is C[C@@]1(C2CC2)NC(=O)N(CC(=O)Nc2ccc3oc4ccccc4c3c2)C1=O. The van der Waals surface area contributed by atoms with Crippen LogP contribution in [0.1, 0.15) is 19.8 Å². The van der Waals surface area contributed by atoms with Crippen LogP contribution in [0, 0.1) is 5.92 Å². The number of amides is 4. The van der Waals surface area contributed by atoms with Gasteiger partial charge in [-0.1, -0.05) is 18.2 Å². The van der Waals surface area contributed by atoms with Crippen molar-refractivity contribution in [1.29, 1.82) is 0 Å². The van der Waals surface area contributed by atoms with Crippen molar-refractivity contribution in [3.63, 3.8) is 0 Å². The first-order chi connectivity index (χ1) is 13.5. The van der Waals surface area contributed by atoms with Gasteiger partial charge in [-0.3, -0.25) is 14.5 Å². The average Bonchev–Trinajstić information content (AvgIpc) is 3.43. The fraction of sp³-hybridized carbons (Fsp3) is 0.286. The van der Waals surface area contributed by atoms with Gasteiger partial charge in [-0.15, -0.1) is 0 Å². The number of urea groups is 1. The Bertz CT molecular complexity index is 1150. The number of anilines is 1. The van der Waals surface area contributed by atoms with Gasteiger partial charge in [0.2, 0.25) is 5.91 Å². The number of carbonyl (C=O) groups excluding carboxylic acids is 3. The first kappa shape index (κ1) is 16.8. The molecule has 2 heterocycles. The van der Waals surface area contributed by atoms with E-state index in [1.807, 2.05) is 30.3 Å². The molecule has 0 bridgehead atoms. The highest BCUT2D eigenvalue weighted by atomic mass is 16.3. The number of rotatable bonds is 4. The van der Waals surface area contributed by atoms with E-state index in [-0.39, 0.29) is 18.4 Å². The molecular weight excluding hydrogens is 358 g/mol. The van der Waals surface area contributed by atoms with Gasteiger partial charge in [0.15, 0.2) is 0 Å². The minimum atomic E-state index is -0.883. The van der Waals surface area contributed by atoms with Crippen LogP contribution in [0.3, 0.4) is 0 Å². The summed E-state index contributed by atoms with van der Waals surface area (Å²) in [6, 6.07) is 12.5. The van der Waals surface area contributed by atoms with Crippen LogP contribution >= 0.6 is 0 Å². The van der Waals surface area contributed by atoms with E-state index in [0.29, 0.717) is 5.69 Å². The predicted molar refractivity (Wildman–Crippen MR) is 104 cm³/mol. The van der Waals surface area contributed by atoms with Crippen molar-refractivity contribution in [2.24, 2.45) is 5.92 Å². The second kappa shape index (κ2) is 5.82. The second-order valence-corrected chi connectivity index (χ2v) is 7.66. The van der Waals surface area contributed by atoms with Crippen molar-refractivity contribution >= 4 is 45.5 Å². The summed E-state index contributed by atoms with van der Waals surface area (Å²) >= 11 is 0. The summed E-state index contributed by atoms with van der Waals surface area (Å²) in [5, 5.41) is 7.38. The zero-order chi connectivity index (χ0) is 19.5. The number of carbonyl (C=O) groups is 3. The molecule has 2 N–H and O–H groups in total. The fourth-order valence-electron chi connectivity index (χ4n) is 3.94. The standard InChI is InChI=1S/C21H19N3O4/c1-21(12-6-7-12)19(26)24(20(27)23-21)11-18(25)22-13-8-9-17-15(10-13)14-4-2-3-5-16(14)28-17/h2-5,8-10,12H,6-7,11H2,1H3,(H,22,25)(H,23,27)/t21-/m0/s1. The Labute approximate surface area is 160 Å². The molecule has 5 rings (SSSR count). The molecular formula is C21H19N3O4. The van der Waals surface area contributed by atoms with Crippen molar-refractivity contribution in [2.45, 2.75) is 25.3 Å². The lowest BCUT2D eigenvalue weighted by atomic mass is 9.96. The Hall–Kier alpha value is -3.35. The van der Waals surface area contributed by atoms with Crippen LogP contribution in [-0.4, -0.2) is 34.8 Å². The van der Waals surface area contributed by atoms with Gasteiger partial charge >= 0.3 is 6.03 Å². The number of furan rings is 1. The zero-order valence-electron chi connectivity index (χ0n) is 15.3. The van der Waals surface area contributed by atoms with Crippen molar-refractivity contribution in [1.82, 2.24) is 10.2 Å². The quantitative estimate of drug-likeness (QED) is 0.683. The highest BCUT2D eigenvalue weighted by Gasteiger charge is 2.56. The average molecular weight is 377 g/mol. The Morgan fingerprint density at radius 2 is 1.93 bits per heavy atom. The molecule has 142 valence electrons. The van der Waals surface area contributed by atoms with E-state index < -0.39 is 17.5 Å².